The first-order valence-corrected chi connectivity index (χ1v) is 13.6. The Balaban J connectivity index is 1.40. The van der Waals surface area contributed by atoms with Gasteiger partial charge in [0.2, 0.25) is 5.91 Å². The highest BCUT2D eigenvalue weighted by molar-refractivity contribution is 8.03. The first-order chi connectivity index (χ1) is 18.5. The summed E-state index contributed by atoms with van der Waals surface area (Å²) < 4.78 is 11.5. The normalized spacial score (nSPS) is 22.2. The van der Waals surface area contributed by atoms with Gasteiger partial charge in [-0.05, 0) is 28.0 Å². The Labute approximate surface area is 227 Å². The molecule has 1 fully saturated rings. The summed E-state index contributed by atoms with van der Waals surface area (Å²) in [5.74, 6) is -1.77. The van der Waals surface area contributed by atoms with E-state index in [0.717, 1.165) is 27.8 Å². The number of methoxy groups -OCH3 is 1. The summed E-state index contributed by atoms with van der Waals surface area (Å²) in [5.41, 5.74) is -0.0836. The van der Waals surface area contributed by atoms with Crippen LogP contribution >= 0.6 is 23.1 Å². The number of ether oxygens (including phenoxy) is 2. The standard InChI is InChI=1S/C28H24N2O6S2/c1-35-28(29-22(32)15-21-13-8-14-37-21)26(34)30-23(20(16-31)17-38-27(28)30)25(33)36-24(18-9-4-2-5-10-18)19-11-6-3-7-12-19/h2-14,16-17,23-24,27H,15H2,1H3,(H,29,32)/t23?,27-,28?/m0/s1. The minimum absolute atomic E-state index is 0.0875. The minimum Gasteiger partial charge on any atom is -0.451 e. The molecule has 8 nitrogen and oxygen atoms in total. The molecule has 2 aliphatic rings. The number of nitrogens with one attached hydrogen (secondary N) is 1. The number of fused-ring (bicyclic) bond motifs is 1. The van der Waals surface area contributed by atoms with E-state index in [2.05, 4.69) is 5.32 Å². The Bertz CT molecular complexity index is 1320. The topological polar surface area (TPSA) is 102 Å². The fourth-order valence-electron chi connectivity index (χ4n) is 4.60. The van der Waals surface area contributed by atoms with Crippen LogP contribution in [0, 0.1) is 0 Å². The SMILES string of the molecule is COC1(NC(=O)Cc2cccs2)C(=O)N2C(C(=O)OC(c3ccccc3)c3ccccc3)C(C=O)=CS[C@H]21. The van der Waals surface area contributed by atoms with E-state index in [0.29, 0.717) is 6.29 Å². The first kappa shape index (κ1) is 25.9. The molecule has 0 saturated carbocycles. The van der Waals surface area contributed by atoms with Crippen LogP contribution in [-0.2, 0) is 35.1 Å². The molecule has 38 heavy (non-hydrogen) atoms. The van der Waals surface area contributed by atoms with Crippen LogP contribution in [-0.4, -0.2) is 53.2 Å². The number of β-lactam (4-membered cyclic amide) rings is 1. The zero-order valence-corrected chi connectivity index (χ0v) is 21.9. The Kier molecular flexibility index (Phi) is 7.46. The molecule has 0 aliphatic carbocycles. The smallest absolute Gasteiger partial charge is 0.334 e. The number of aldehydes is 1. The highest BCUT2D eigenvalue weighted by Crippen LogP contribution is 2.46. The van der Waals surface area contributed by atoms with E-state index < -0.39 is 35.1 Å². The predicted molar refractivity (Wildman–Crippen MR) is 143 cm³/mol. The summed E-state index contributed by atoms with van der Waals surface area (Å²) in [4.78, 5) is 54.0. The van der Waals surface area contributed by atoms with E-state index in [1.165, 1.54) is 28.8 Å². The molecule has 2 amide bonds. The predicted octanol–water partition coefficient (Wildman–Crippen LogP) is 3.45. The molecule has 3 aromatic rings. The first-order valence-electron chi connectivity index (χ1n) is 11.8. The lowest BCUT2D eigenvalue weighted by Crippen LogP contribution is -2.83. The second-order valence-electron chi connectivity index (χ2n) is 8.72. The van der Waals surface area contributed by atoms with Gasteiger partial charge < -0.3 is 19.7 Å². The van der Waals surface area contributed by atoms with Crippen LogP contribution in [0.3, 0.4) is 0 Å². The van der Waals surface area contributed by atoms with Crippen molar-refractivity contribution in [3.8, 4) is 0 Å². The van der Waals surface area contributed by atoms with Crippen molar-refractivity contribution >= 4 is 47.2 Å². The zero-order valence-electron chi connectivity index (χ0n) is 20.3. The number of carbonyl (C=O) groups is 4. The van der Waals surface area contributed by atoms with Crippen LogP contribution in [0.5, 0.6) is 0 Å². The average Bonchev–Trinajstić information content (AvgIpc) is 3.47. The maximum absolute atomic E-state index is 13.6. The molecule has 1 saturated heterocycles. The second kappa shape index (κ2) is 10.9. The fourth-order valence-corrected chi connectivity index (χ4v) is 6.57. The highest BCUT2D eigenvalue weighted by atomic mass is 32.2. The van der Waals surface area contributed by atoms with Crippen molar-refractivity contribution < 1.29 is 28.7 Å². The van der Waals surface area contributed by atoms with E-state index >= 15 is 0 Å². The van der Waals surface area contributed by atoms with E-state index in [9.17, 15) is 19.2 Å². The van der Waals surface area contributed by atoms with Gasteiger partial charge in [-0.1, -0.05) is 66.7 Å². The number of carbonyl (C=O) groups excluding carboxylic acids is 4. The molecule has 3 atom stereocenters. The molecule has 2 unspecified atom stereocenters. The Morgan fingerprint density at radius 2 is 1.71 bits per heavy atom. The molecule has 2 aromatic carbocycles. The summed E-state index contributed by atoms with van der Waals surface area (Å²) >= 11 is 2.56. The molecule has 194 valence electrons. The number of esters is 1. The molecule has 0 bridgehead atoms. The largest absolute Gasteiger partial charge is 0.451 e. The van der Waals surface area contributed by atoms with Crippen LogP contribution in [0.2, 0.25) is 0 Å². The Morgan fingerprint density at radius 1 is 1.05 bits per heavy atom. The lowest BCUT2D eigenvalue weighted by atomic mass is 9.94. The Hall–Kier alpha value is -3.73. The van der Waals surface area contributed by atoms with E-state index in [1.54, 1.807) is 0 Å². The van der Waals surface area contributed by atoms with Crippen molar-refractivity contribution in [2.75, 3.05) is 7.11 Å². The number of hydrogen-bond acceptors (Lipinski definition) is 8. The van der Waals surface area contributed by atoms with E-state index in [4.69, 9.17) is 9.47 Å². The van der Waals surface area contributed by atoms with Crippen molar-refractivity contribution in [2.45, 2.75) is 29.7 Å². The number of amides is 2. The fraction of sp³-hybridized carbons (Fsp3) is 0.214. The van der Waals surface area contributed by atoms with Gasteiger partial charge in [-0.2, -0.15) is 0 Å². The van der Waals surface area contributed by atoms with Crippen molar-refractivity contribution in [3.05, 3.63) is 105 Å². The number of rotatable bonds is 9. The maximum atomic E-state index is 13.6. The molecule has 1 N–H and O–H groups in total. The molecule has 5 rings (SSSR count). The van der Waals surface area contributed by atoms with E-state index in [1.807, 2.05) is 78.2 Å². The van der Waals surface area contributed by atoms with Crippen molar-refractivity contribution in [1.29, 1.82) is 0 Å². The highest BCUT2D eigenvalue weighted by Gasteiger charge is 2.67. The molecular weight excluding hydrogens is 524 g/mol. The van der Waals surface area contributed by atoms with Crippen LogP contribution in [0.1, 0.15) is 22.1 Å². The lowest BCUT2D eigenvalue weighted by molar-refractivity contribution is -0.203. The van der Waals surface area contributed by atoms with Crippen molar-refractivity contribution in [3.63, 3.8) is 0 Å². The van der Waals surface area contributed by atoms with Gasteiger partial charge in [0.1, 0.15) is 11.7 Å². The van der Waals surface area contributed by atoms with Crippen molar-refractivity contribution in [1.82, 2.24) is 10.2 Å². The molecule has 3 heterocycles. The van der Waals surface area contributed by atoms with Crippen molar-refractivity contribution in [2.24, 2.45) is 0 Å². The van der Waals surface area contributed by atoms with Crippen LogP contribution in [0.4, 0.5) is 0 Å². The summed E-state index contributed by atoms with van der Waals surface area (Å²) in [5, 5.41) is 5.33. The minimum atomic E-state index is -1.67. The van der Waals surface area contributed by atoms with E-state index in [-0.39, 0.29) is 17.9 Å². The van der Waals surface area contributed by atoms with Gasteiger partial charge in [-0.15, -0.1) is 23.1 Å². The molecular formula is C28H24N2O6S2. The number of nitrogens with zero attached hydrogens (tertiary/aromatic N) is 1. The monoisotopic (exact) mass is 548 g/mol. The maximum Gasteiger partial charge on any atom is 0.334 e. The Morgan fingerprint density at radius 3 is 2.26 bits per heavy atom. The van der Waals surface area contributed by atoms with Gasteiger partial charge in [0.25, 0.3) is 11.6 Å². The van der Waals surface area contributed by atoms with Crippen LogP contribution in [0.25, 0.3) is 0 Å². The molecule has 2 aliphatic heterocycles. The lowest BCUT2D eigenvalue weighted by Gasteiger charge is -2.57. The summed E-state index contributed by atoms with van der Waals surface area (Å²) in [6, 6.07) is 20.8. The second-order valence-corrected chi connectivity index (χ2v) is 10.7. The van der Waals surface area contributed by atoms with Gasteiger partial charge in [-0.25, -0.2) is 4.79 Å². The third-order valence-corrected chi connectivity index (χ3v) is 8.54. The zero-order chi connectivity index (χ0) is 26.7. The van der Waals surface area contributed by atoms with Crippen LogP contribution < -0.4 is 5.32 Å². The third kappa shape index (κ3) is 4.66. The summed E-state index contributed by atoms with van der Waals surface area (Å²) in [6.45, 7) is 0. The molecule has 0 spiro atoms. The summed E-state index contributed by atoms with van der Waals surface area (Å²) in [7, 11) is 1.33. The van der Waals surface area contributed by atoms with Gasteiger partial charge in [-0.3, -0.25) is 14.4 Å². The third-order valence-electron chi connectivity index (χ3n) is 6.44. The number of thiophene rings is 1. The number of thioether (sulfide) groups is 1. The van der Waals surface area contributed by atoms with Gasteiger partial charge in [0.05, 0.1) is 6.42 Å². The van der Waals surface area contributed by atoms with Gasteiger partial charge >= 0.3 is 5.97 Å². The number of hydrogen-bond donors (Lipinski definition) is 1. The number of benzene rings is 2. The quantitative estimate of drug-likeness (QED) is 0.189. The van der Waals surface area contributed by atoms with Crippen LogP contribution in [0.15, 0.2) is 89.2 Å². The van der Waals surface area contributed by atoms with Gasteiger partial charge in [0.15, 0.2) is 12.1 Å². The molecule has 0 radical (unpaired) electrons. The molecule has 1 aromatic heterocycles. The molecule has 10 heteroatoms. The summed E-state index contributed by atoms with van der Waals surface area (Å²) in [6.07, 6.45) is -0.116. The average molecular weight is 549 g/mol. The van der Waals surface area contributed by atoms with Gasteiger partial charge in [0, 0.05) is 17.6 Å².